The lowest BCUT2D eigenvalue weighted by molar-refractivity contribution is 0.881. The summed E-state index contributed by atoms with van der Waals surface area (Å²) in [5.74, 6) is 0. The predicted octanol–water partition coefficient (Wildman–Crippen LogP) is 4.03. The Bertz CT molecular complexity index is 306. The maximum Gasteiger partial charge on any atom is -0.0225 e. The lowest BCUT2D eigenvalue weighted by atomic mass is 10.0. The molecule has 0 spiro atoms. The zero-order chi connectivity index (χ0) is 9.10. The van der Waals surface area contributed by atoms with Crippen molar-refractivity contribution >= 4 is 5.57 Å². The maximum absolute atomic E-state index is 2.27. The smallest absolute Gasteiger partial charge is 0.0225 e. The van der Waals surface area contributed by atoms with E-state index in [-0.39, 0.29) is 0 Å². The fraction of sp³-hybridized carbons (Fsp3) is 0.385. The first-order chi connectivity index (χ1) is 6.42. The molecule has 0 heteroatoms. The van der Waals surface area contributed by atoms with Crippen LogP contribution in [0.5, 0.6) is 0 Å². The van der Waals surface area contributed by atoms with Crippen molar-refractivity contribution in [2.24, 2.45) is 0 Å². The summed E-state index contributed by atoms with van der Waals surface area (Å²) in [6.07, 6.45) is 5.19. The van der Waals surface area contributed by atoms with Crippen LogP contribution < -0.4 is 0 Å². The van der Waals surface area contributed by atoms with Crippen LogP contribution in [0.1, 0.15) is 38.2 Å². The molecule has 0 saturated heterocycles. The fourth-order valence-electron chi connectivity index (χ4n) is 2.18. The summed E-state index contributed by atoms with van der Waals surface area (Å²) in [6, 6.07) is 10.8. The number of benzene rings is 1. The van der Waals surface area contributed by atoms with Gasteiger partial charge in [-0.05, 0) is 36.8 Å². The van der Waals surface area contributed by atoms with Gasteiger partial charge in [0.2, 0.25) is 0 Å². The van der Waals surface area contributed by atoms with E-state index < -0.39 is 0 Å². The third-order valence-corrected chi connectivity index (χ3v) is 2.88. The molecule has 0 N–H and O–H groups in total. The van der Waals surface area contributed by atoms with E-state index in [4.69, 9.17) is 0 Å². The molecule has 1 aromatic carbocycles. The summed E-state index contributed by atoms with van der Waals surface area (Å²) in [6.45, 7) is 2.27. The SMILES string of the molecule is CCC1=C(c2ccccc2)CCC1. The first-order valence-electron chi connectivity index (χ1n) is 5.18. The molecule has 0 nitrogen and oxygen atoms in total. The van der Waals surface area contributed by atoms with Gasteiger partial charge in [0.1, 0.15) is 0 Å². The highest BCUT2D eigenvalue weighted by Crippen LogP contribution is 2.34. The highest BCUT2D eigenvalue weighted by atomic mass is 14.2. The Hall–Kier alpha value is -1.04. The van der Waals surface area contributed by atoms with E-state index in [0.717, 1.165) is 0 Å². The van der Waals surface area contributed by atoms with Crippen LogP contribution in [0.2, 0.25) is 0 Å². The van der Waals surface area contributed by atoms with Crippen molar-refractivity contribution < 1.29 is 0 Å². The van der Waals surface area contributed by atoms with E-state index in [9.17, 15) is 0 Å². The van der Waals surface area contributed by atoms with Gasteiger partial charge >= 0.3 is 0 Å². The van der Waals surface area contributed by atoms with Crippen LogP contribution in [0.15, 0.2) is 35.9 Å². The molecule has 0 aliphatic heterocycles. The second kappa shape index (κ2) is 3.78. The Kier molecular flexibility index (Phi) is 2.49. The van der Waals surface area contributed by atoms with Crippen LogP contribution in [0.3, 0.4) is 0 Å². The van der Waals surface area contributed by atoms with Crippen LogP contribution in [-0.4, -0.2) is 0 Å². The number of allylic oxidation sites excluding steroid dienone is 2. The van der Waals surface area contributed by atoms with E-state index >= 15 is 0 Å². The molecule has 1 aromatic rings. The summed E-state index contributed by atoms with van der Waals surface area (Å²) >= 11 is 0. The van der Waals surface area contributed by atoms with Gasteiger partial charge in [-0.15, -0.1) is 0 Å². The summed E-state index contributed by atoms with van der Waals surface area (Å²) in [5, 5.41) is 0. The number of hydrogen-bond acceptors (Lipinski definition) is 0. The largest absolute Gasteiger partial charge is 0.0667 e. The van der Waals surface area contributed by atoms with Gasteiger partial charge < -0.3 is 0 Å². The highest BCUT2D eigenvalue weighted by molar-refractivity contribution is 5.70. The molecule has 0 heterocycles. The molecular weight excluding hydrogens is 156 g/mol. The molecule has 0 saturated carbocycles. The topological polar surface area (TPSA) is 0 Å². The molecule has 68 valence electrons. The Morgan fingerprint density at radius 1 is 1.08 bits per heavy atom. The fourth-order valence-corrected chi connectivity index (χ4v) is 2.18. The molecule has 0 unspecified atom stereocenters. The number of rotatable bonds is 2. The van der Waals surface area contributed by atoms with E-state index in [0.29, 0.717) is 0 Å². The third kappa shape index (κ3) is 1.67. The second-order valence-electron chi connectivity index (χ2n) is 3.66. The lowest BCUT2D eigenvalue weighted by Gasteiger charge is -2.04. The summed E-state index contributed by atoms with van der Waals surface area (Å²) < 4.78 is 0. The molecule has 0 bridgehead atoms. The Balaban J connectivity index is 2.35. The van der Waals surface area contributed by atoms with E-state index in [1.807, 2.05) is 0 Å². The first-order valence-corrected chi connectivity index (χ1v) is 5.18. The zero-order valence-corrected chi connectivity index (χ0v) is 8.22. The van der Waals surface area contributed by atoms with Gasteiger partial charge in [0.05, 0.1) is 0 Å². The summed E-state index contributed by atoms with van der Waals surface area (Å²) in [4.78, 5) is 0. The van der Waals surface area contributed by atoms with Crippen molar-refractivity contribution in [3.05, 3.63) is 41.5 Å². The average molecular weight is 172 g/mol. The van der Waals surface area contributed by atoms with Gasteiger partial charge in [-0.3, -0.25) is 0 Å². The van der Waals surface area contributed by atoms with E-state index in [2.05, 4.69) is 37.3 Å². The molecule has 1 aliphatic rings. The van der Waals surface area contributed by atoms with Crippen LogP contribution in [-0.2, 0) is 0 Å². The summed E-state index contributed by atoms with van der Waals surface area (Å²) in [7, 11) is 0. The van der Waals surface area contributed by atoms with Gasteiger partial charge in [0.25, 0.3) is 0 Å². The quantitative estimate of drug-likeness (QED) is 0.631. The van der Waals surface area contributed by atoms with Gasteiger partial charge in [0, 0.05) is 0 Å². The molecule has 0 fully saturated rings. The van der Waals surface area contributed by atoms with E-state index in [1.54, 1.807) is 11.1 Å². The van der Waals surface area contributed by atoms with Crippen LogP contribution in [0.25, 0.3) is 5.57 Å². The number of hydrogen-bond donors (Lipinski definition) is 0. The minimum atomic E-state index is 1.23. The van der Waals surface area contributed by atoms with Gasteiger partial charge in [-0.2, -0.15) is 0 Å². The molecular formula is C13H16. The third-order valence-electron chi connectivity index (χ3n) is 2.88. The van der Waals surface area contributed by atoms with Crippen molar-refractivity contribution in [2.45, 2.75) is 32.6 Å². The van der Waals surface area contributed by atoms with E-state index in [1.165, 1.54) is 31.2 Å². The van der Waals surface area contributed by atoms with Crippen LogP contribution >= 0.6 is 0 Å². The maximum atomic E-state index is 2.27. The van der Waals surface area contributed by atoms with Crippen molar-refractivity contribution in [1.29, 1.82) is 0 Å². The molecule has 0 atom stereocenters. The lowest BCUT2D eigenvalue weighted by Crippen LogP contribution is -1.82. The molecule has 0 radical (unpaired) electrons. The predicted molar refractivity (Wildman–Crippen MR) is 57.5 cm³/mol. The Morgan fingerprint density at radius 2 is 1.85 bits per heavy atom. The highest BCUT2D eigenvalue weighted by Gasteiger charge is 2.13. The normalized spacial score (nSPS) is 16.7. The van der Waals surface area contributed by atoms with Crippen LogP contribution in [0.4, 0.5) is 0 Å². The first kappa shape index (κ1) is 8.55. The standard InChI is InChI=1S/C13H16/c1-2-11-9-6-10-13(11)12-7-4-3-5-8-12/h3-5,7-8H,2,6,9-10H2,1H3. The monoisotopic (exact) mass is 172 g/mol. The second-order valence-corrected chi connectivity index (χ2v) is 3.66. The summed E-state index contributed by atoms with van der Waals surface area (Å²) in [5.41, 5.74) is 4.73. The molecule has 1 aliphatic carbocycles. The van der Waals surface area contributed by atoms with Crippen LogP contribution in [0, 0.1) is 0 Å². The van der Waals surface area contributed by atoms with Crippen molar-refractivity contribution in [3.8, 4) is 0 Å². The van der Waals surface area contributed by atoms with Gasteiger partial charge in [-0.1, -0.05) is 42.8 Å². The Labute approximate surface area is 80.3 Å². The molecule has 0 amide bonds. The van der Waals surface area contributed by atoms with Gasteiger partial charge in [0.15, 0.2) is 0 Å². The van der Waals surface area contributed by atoms with Gasteiger partial charge in [-0.25, -0.2) is 0 Å². The van der Waals surface area contributed by atoms with Crippen molar-refractivity contribution in [1.82, 2.24) is 0 Å². The molecule has 2 rings (SSSR count). The van der Waals surface area contributed by atoms with Crippen molar-refractivity contribution in [2.75, 3.05) is 0 Å². The van der Waals surface area contributed by atoms with Crippen molar-refractivity contribution in [3.63, 3.8) is 0 Å². The average Bonchev–Trinajstić information content (AvgIpc) is 2.67. The zero-order valence-electron chi connectivity index (χ0n) is 8.22. The molecule has 0 aromatic heterocycles. The minimum Gasteiger partial charge on any atom is -0.0667 e. The Morgan fingerprint density at radius 3 is 2.54 bits per heavy atom. The minimum absolute atomic E-state index is 1.23. The molecule has 13 heavy (non-hydrogen) atoms.